The van der Waals surface area contributed by atoms with E-state index in [1.54, 1.807) is 6.07 Å². The molecule has 1 aromatic carbocycles. The number of carboxylic acid groups (broad SMARTS) is 1. The number of aromatic nitrogens is 3. The molecule has 0 radical (unpaired) electrons. The number of rotatable bonds is 3. The Labute approximate surface area is 118 Å². The first-order valence-corrected chi connectivity index (χ1v) is 6.80. The lowest BCUT2D eigenvalue weighted by molar-refractivity contribution is 0.0697. The molecular weight excluding hydrogens is 278 g/mol. The third-order valence-corrected chi connectivity index (χ3v) is 3.62. The summed E-state index contributed by atoms with van der Waals surface area (Å²) < 4.78 is 9.60. The number of nitrogens with zero attached hydrogens (tertiary/aromatic N) is 3. The molecule has 0 aliphatic rings. The van der Waals surface area contributed by atoms with Gasteiger partial charge in [0.1, 0.15) is 10.4 Å². The van der Waals surface area contributed by atoms with Crippen LogP contribution in [0.1, 0.15) is 35.8 Å². The van der Waals surface area contributed by atoms with E-state index in [2.05, 4.69) is 14.6 Å². The van der Waals surface area contributed by atoms with Crippen molar-refractivity contribution in [1.82, 2.24) is 14.6 Å². The van der Waals surface area contributed by atoms with Gasteiger partial charge in [0.05, 0.1) is 11.3 Å². The van der Waals surface area contributed by atoms with Gasteiger partial charge in [-0.25, -0.2) is 9.78 Å². The van der Waals surface area contributed by atoms with Crippen molar-refractivity contribution in [3.63, 3.8) is 0 Å². The van der Waals surface area contributed by atoms with Gasteiger partial charge in [-0.3, -0.25) is 0 Å². The minimum Gasteiger partial charge on any atom is -0.478 e. The van der Waals surface area contributed by atoms with Crippen molar-refractivity contribution in [2.75, 3.05) is 0 Å². The minimum absolute atomic E-state index is 0.184. The molecule has 7 heteroatoms. The second kappa shape index (κ2) is 4.68. The predicted molar refractivity (Wildman–Crippen MR) is 74.0 cm³/mol. The van der Waals surface area contributed by atoms with Crippen molar-refractivity contribution in [1.29, 1.82) is 0 Å². The Morgan fingerprint density at radius 3 is 2.90 bits per heavy atom. The summed E-state index contributed by atoms with van der Waals surface area (Å²) in [5.74, 6) is -0.339. The Morgan fingerprint density at radius 2 is 2.20 bits per heavy atom. The summed E-state index contributed by atoms with van der Waals surface area (Å²) >= 11 is 1.22. The summed E-state index contributed by atoms with van der Waals surface area (Å²) in [6, 6.07) is 4.60. The largest absolute Gasteiger partial charge is 0.478 e. The average molecular weight is 289 g/mol. The second-order valence-electron chi connectivity index (χ2n) is 4.65. The minimum atomic E-state index is -0.987. The van der Waals surface area contributed by atoms with Crippen LogP contribution in [0.15, 0.2) is 22.6 Å². The molecule has 102 valence electrons. The molecule has 0 aliphatic heterocycles. The topological polar surface area (TPSA) is 89.1 Å². The molecule has 0 fully saturated rings. The molecule has 3 aromatic rings. The van der Waals surface area contributed by atoms with Crippen molar-refractivity contribution in [3.05, 3.63) is 29.5 Å². The molecule has 6 nitrogen and oxygen atoms in total. The molecule has 0 bridgehead atoms. The zero-order valence-electron chi connectivity index (χ0n) is 10.8. The number of hydrogen-bond acceptors (Lipinski definition) is 6. The van der Waals surface area contributed by atoms with E-state index in [9.17, 15) is 4.79 Å². The molecule has 0 atom stereocenters. The van der Waals surface area contributed by atoms with Gasteiger partial charge in [0.15, 0.2) is 5.58 Å². The Balaban J connectivity index is 2.13. The Hall–Kier alpha value is -2.28. The van der Waals surface area contributed by atoms with E-state index >= 15 is 0 Å². The summed E-state index contributed by atoms with van der Waals surface area (Å²) in [6.45, 7) is 4.04. The maximum Gasteiger partial charge on any atom is 0.335 e. The summed E-state index contributed by atoms with van der Waals surface area (Å²) in [6.07, 6.45) is 0. The van der Waals surface area contributed by atoms with Gasteiger partial charge < -0.3 is 9.52 Å². The average Bonchev–Trinajstić information content (AvgIpc) is 3.03. The van der Waals surface area contributed by atoms with E-state index in [-0.39, 0.29) is 11.5 Å². The third kappa shape index (κ3) is 2.05. The van der Waals surface area contributed by atoms with Crippen molar-refractivity contribution in [3.8, 4) is 10.8 Å². The lowest BCUT2D eigenvalue weighted by Crippen LogP contribution is -1.94. The number of oxazole rings is 1. The Morgan fingerprint density at radius 1 is 1.40 bits per heavy atom. The summed E-state index contributed by atoms with van der Waals surface area (Å²) in [5, 5.41) is 13.1. The summed E-state index contributed by atoms with van der Waals surface area (Å²) in [7, 11) is 0. The Bertz CT molecular complexity index is 791. The van der Waals surface area contributed by atoms with Crippen molar-refractivity contribution in [2.45, 2.75) is 19.8 Å². The number of aromatic carboxylic acids is 1. The molecule has 0 saturated carbocycles. The molecule has 0 unspecified atom stereocenters. The molecule has 20 heavy (non-hydrogen) atoms. The van der Waals surface area contributed by atoms with Crippen LogP contribution in [0.5, 0.6) is 0 Å². The molecule has 2 heterocycles. The van der Waals surface area contributed by atoms with E-state index < -0.39 is 5.97 Å². The van der Waals surface area contributed by atoms with E-state index in [1.165, 1.54) is 23.7 Å². The smallest absolute Gasteiger partial charge is 0.335 e. The van der Waals surface area contributed by atoms with Crippen LogP contribution in [0.3, 0.4) is 0 Å². The molecule has 0 aliphatic carbocycles. The molecule has 0 saturated heterocycles. The van der Waals surface area contributed by atoms with Gasteiger partial charge in [0.2, 0.25) is 5.89 Å². The van der Waals surface area contributed by atoms with E-state index in [0.29, 0.717) is 17.0 Å². The van der Waals surface area contributed by atoms with Crippen LogP contribution in [0.25, 0.3) is 21.9 Å². The molecule has 2 aromatic heterocycles. The number of fused-ring (bicyclic) bond motifs is 1. The molecule has 0 amide bonds. The lowest BCUT2D eigenvalue weighted by Gasteiger charge is -1.99. The first-order valence-electron chi connectivity index (χ1n) is 6.02. The van der Waals surface area contributed by atoms with E-state index in [1.807, 2.05) is 13.8 Å². The maximum atomic E-state index is 10.9. The first kappa shape index (κ1) is 12.7. The van der Waals surface area contributed by atoms with Gasteiger partial charge in [0, 0.05) is 0 Å². The lowest BCUT2D eigenvalue weighted by atomic mass is 10.1. The van der Waals surface area contributed by atoms with Gasteiger partial charge in [-0.1, -0.05) is 18.3 Å². The number of hydrogen-bond donors (Lipinski definition) is 1. The van der Waals surface area contributed by atoms with Crippen LogP contribution in [0.2, 0.25) is 0 Å². The van der Waals surface area contributed by atoms with E-state index in [4.69, 9.17) is 9.52 Å². The normalized spacial score (nSPS) is 11.3. The zero-order valence-corrected chi connectivity index (χ0v) is 11.6. The highest BCUT2D eigenvalue weighted by molar-refractivity contribution is 7.09. The predicted octanol–water partition coefficient (Wildman–Crippen LogP) is 3.17. The maximum absolute atomic E-state index is 10.9. The molecule has 1 N–H and O–H groups in total. The van der Waals surface area contributed by atoms with Crippen LogP contribution >= 0.6 is 11.5 Å². The SMILES string of the molecule is CC(C)c1nnsc1-c1nc2cc(C(=O)O)ccc2o1. The highest BCUT2D eigenvalue weighted by Gasteiger charge is 2.19. The number of benzene rings is 1. The molecule has 0 spiro atoms. The van der Waals surface area contributed by atoms with Crippen LogP contribution in [-0.2, 0) is 0 Å². The third-order valence-electron chi connectivity index (χ3n) is 2.89. The summed E-state index contributed by atoms with van der Waals surface area (Å²) in [4.78, 5) is 16.1. The second-order valence-corrected chi connectivity index (χ2v) is 5.40. The first-order chi connectivity index (χ1) is 9.56. The van der Waals surface area contributed by atoms with Crippen molar-refractivity contribution >= 4 is 28.6 Å². The van der Waals surface area contributed by atoms with Gasteiger partial charge in [-0.15, -0.1) is 5.10 Å². The van der Waals surface area contributed by atoms with Gasteiger partial charge >= 0.3 is 5.97 Å². The fourth-order valence-electron chi connectivity index (χ4n) is 1.88. The number of carbonyl (C=O) groups is 1. The fraction of sp³-hybridized carbons (Fsp3) is 0.231. The van der Waals surface area contributed by atoms with Crippen LogP contribution in [0.4, 0.5) is 0 Å². The quantitative estimate of drug-likeness (QED) is 0.796. The van der Waals surface area contributed by atoms with Crippen LogP contribution < -0.4 is 0 Å². The monoisotopic (exact) mass is 289 g/mol. The molecular formula is C13H11N3O3S. The molecule has 3 rings (SSSR count). The zero-order chi connectivity index (χ0) is 14.3. The van der Waals surface area contributed by atoms with Gasteiger partial charge in [-0.05, 0) is 35.6 Å². The standard InChI is InChI=1S/C13H11N3O3S/c1-6(2)10-11(20-16-15-10)12-14-8-5-7(13(17)18)3-4-9(8)19-12/h3-6H,1-2H3,(H,17,18). The van der Waals surface area contributed by atoms with Gasteiger partial charge in [-0.2, -0.15) is 0 Å². The van der Waals surface area contributed by atoms with Gasteiger partial charge in [0.25, 0.3) is 0 Å². The summed E-state index contributed by atoms with van der Waals surface area (Å²) in [5.41, 5.74) is 2.08. The fourth-order valence-corrected chi connectivity index (χ4v) is 2.63. The van der Waals surface area contributed by atoms with Crippen molar-refractivity contribution in [2.24, 2.45) is 0 Å². The highest BCUT2D eigenvalue weighted by Crippen LogP contribution is 2.32. The van der Waals surface area contributed by atoms with Crippen molar-refractivity contribution < 1.29 is 14.3 Å². The van der Waals surface area contributed by atoms with Crippen LogP contribution in [-0.4, -0.2) is 25.6 Å². The Kier molecular flexibility index (Phi) is 2.98. The highest BCUT2D eigenvalue weighted by atomic mass is 32.1. The van der Waals surface area contributed by atoms with E-state index in [0.717, 1.165) is 10.6 Å². The number of carboxylic acids is 1. The van der Waals surface area contributed by atoms with Crippen LogP contribution in [0, 0.1) is 0 Å².